The van der Waals surface area contributed by atoms with Crippen molar-refractivity contribution in [1.82, 2.24) is 15.1 Å². The third kappa shape index (κ3) is 2.05. The molecule has 2 aliphatic heterocycles. The Kier molecular flexibility index (Phi) is 3.65. The maximum Gasteiger partial charge on any atom is 0.0790 e. The van der Waals surface area contributed by atoms with Crippen molar-refractivity contribution < 1.29 is 0 Å². The van der Waals surface area contributed by atoms with Crippen molar-refractivity contribution in [2.24, 2.45) is 17.8 Å². The number of likely N-dealkylation sites (N-methyl/N-ethyl adjacent to an activating group) is 1. The third-order valence-electron chi connectivity index (χ3n) is 6.10. The van der Waals surface area contributed by atoms with E-state index >= 15 is 0 Å². The minimum Gasteiger partial charge on any atom is -0.296 e. The van der Waals surface area contributed by atoms with Crippen LogP contribution < -0.4 is 5.32 Å². The van der Waals surface area contributed by atoms with Crippen LogP contribution >= 0.6 is 0 Å². The highest BCUT2D eigenvalue weighted by molar-refractivity contribution is 5.05. The van der Waals surface area contributed by atoms with Gasteiger partial charge in [-0.2, -0.15) is 0 Å². The van der Waals surface area contributed by atoms with E-state index in [0.717, 1.165) is 23.8 Å². The van der Waals surface area contributed by atoms with Crippen molar-refractivity contribution in [3.63, 3.8) is 0 Å². The Labute approximate surface area is 118 Å². The van der Waals surface area contributed by atoms with E-state index in [-0.39, 0.29) is 0 Å². The van der Waals surface area contributed by atoms with Crippen molar-refractivity contribution in [3.8, 4) is 0 Å². The molecular weight excluding hydrogens is 234 g/mol. The molecule has 0 spiro atoms. The maximum atomic E-state index is 3.98. The average Bonchev–Trinajstić information content (AvgIpc) is 2.91. The second-order valence-corrected chi connectivity index (χ2v) is 7.42. The zero-order chi connectivity index (χ0) is 13.7. The molecule has 0 aromatic carbocycles. The van der Waals surface area contributed by atoms with Crippen LogP contribution in [0.15, 0.2) is 0 Å². The predicted molar refractivity (Wildman–Crippen MR) is 79.8 cm³/mol. The molecule has 3 rings (SSSR count). The molecule has 3 heteroatoms. The number of rotatable bonds is 2. The number of nitrogens with one attached hydrogen (secondary N) is 1. The summed E-state index contributed by atoms with van der Waals surface area (Å²) in [5, 5.41) is 3.98. The predicted octanol–water partition coefficient (Wildman–Crippen LogP) is 2.34. The molecule has 3 aliphatic rings. The summed E-state index contributed by atoms with van der Waals surface area (Å²) in [7, 11) is 4.49. The monoisotopic (exact) mass is 265 g/mol. The fourth-order valence-electron chi connectivity index (χ4n) is 5.22. The molecule has 19 heavy (non-hydrogen) atoms. The fraction of sp³-hybridized carbons (Fsp3) is 1.00. The van der Waals surface area contributed by atoms with Gasteiger partial charge in [0, 0.05) is 12.1 Å². The Balaban J connectivity index is 1.88. The second kappa shape index (κ2) is 5.01. The average molecular weight is 265 g/mol. The van der Waals surface area contributed by atoms with Gasteiger partial charge in [-0.25, -0.2) is 0 Å². The highest BCUT2D eigenvalue weighted by atomic mass is 15.5. The van der Waals surface area contributed by atoms with Crippen molar-refractivity contribution in [2.45, 2.75) is 70.9 Å². The first kappa shape index (κ1) is 13.8. The zero-order valence-corrected chi connectivity index (χ0v) is 13.3. The highest BCUT2D eigenvalue weighted by Gasteiger charge is 2.53. The van der Waals surface area contributed by atoms with Gasteiger partial charge in [-0.15, -0.1) is 0 Å². The lowest BCUT2D eigenvalue weighted by Gasteiger charge is -2.47. The van der Waals surface area contributed by atoms with Gasteiger partial charge in [0.1, 0.15) is 0 Å². The van der Waals surface area contributed by atoms with Crippen LogP contribution in [0.1, 0.15) is 46.5 Å². The molecule has 7 atom stereocenters. The van der Waals surface area contributed by atoms with Crippen molar-refractivity contribution >= 4 is 0 Å². The molecule has 2 heterocycles. The van der Waals surface area contributed by atoms with Gasteiger partial charge in [-0.3, -0.25) is 15.1 Å². The number of nitrogens with zero attached hydrogens (tertiary/aromatic N) is 2. The smallest absolute Gasteiger partial charge is 0.0790 e. The Morgan fingerprint density at radius 2 is 1.89 bits per heavy atom. The van der Waals surface area contributed by atoms with Crippen LogP contribution in [0.3, 0.4) is 0 Å². The van der Waals surface area contributed by atoms with Crippen LogP contribution in [0.2, 0.25) is 0 Å². The largest absolute Gasteiger partial charge is 0.296 e. The molecule has 0 radical (unpaired) electrons. The topological polar surface area (TPSA) is 18.5 Å². The van der Waals surface area contributed by atoms with E-state index in [9.17, 15) is 0 Å². The van der Waals surface area contributed by atoms with Crippen LogP contribution in [0.5, 0.6) is 0 Å². The quantitative estimate of drug-likeness (QED) is 0.827. The number of hydrogen-bond donors (Lipinski definition) is 1. The lowest BCUT2D eigenvalue weighted by atomic mass is 9.79. The van der Waals surface area contributed by atoms with Gasteiger partial charge in [0.2, 0.25) is 0 Å². The van der Waals surface area contributed by atoms with Gasteiger partial charge in [-0.1, -0.05) is 20.3 Å². The van der Waals surface area contributed by atoms with Gasteiger partial charge in [0.15, 0.2) is 0 Å². The van der Waals surface area contributed by atoms with E-state index in [2.05, 4.69) is 50.0 Å². The van der Waals surface area contributed by atoms with Crippen molar-refractivity contribution in [2.75, 3.05) is 14.1 Å². The molecule has 2 saturated heterocycles. The first-order valence-corrected chi connectivity index (χ1v) is 8.24. The molecule has 0 aromatic heterocycles. The SMILES string of the molecule is CCC1NC2C3CCC(C)C3CC(C)N2C1N(C)C. The van der Waals surface area contributed by atoms with Gasteiger partial charge >= 0.3 is 0 Å². The number of hydrogen-bond acceptors (Lipinski definition) is 3. The molecule has 3 nitrogen and oxygen atoms in total. The molecule has 1 N–H and O–H groups in total. The van der Waals surface area contributed by atoms with Crippen LogP contribution in [0, 0.1) is 17.8 Å². The number of piperidine rings is 1. The van der Waals surface area contributed by atoms with Gasteiger partial charge in [0.05, 0.1) is 12.3 Å². The Bertz CT molecular complexity index is 330. The summed E-state index contributed by atoms with van der Waals surface area (Å²) < 4.78 is 0. The van der Waals surface area contributed by atoms with Gasteiger partial charge in [0.25, 0.3) is 0 Å². The summed E-state index contributed by atoms with van der Waals surface area (Å²) in [6.45, 7) is 7.25. The molecule has 3 fully saturated rings. The number of fused-ring (bicyclic) bond motifs is 3. The van der Waals surface area contributed by atoms with Crippen LogP contribution in [-0.2, 0) is 0 Å². The van der Waals surface area contributed by atoms with Gasteiger partial charge in [-0.05, 0) is 58.0 Å². The summed E-state index contributed by atoms with van der Waals surface area (Å²) in [5.41, 5.74) is 0. The normalized spacial score (nSPS) is 50.5. The molecule has 0 bridgehead atoms. The van der Waals surface area contributed by atoms with Crippen molar-refractivity contribution in [1.29, 1.82) is 0 Å². The van der Waals surface area contributed by atoms with E-state index in [1.54, 1.807) is 0 Å². The fourth-order valence-corrected chi connectivity index (χ4v) is 5.22. The highest BCUT2D eigenvalue weighted by Crippen LogP contribution is 2.48. The van der Waals surface area contributed by atoms with Crippen LogP contribution in [0.4, 0.5) is 0 Å². The molecule has 110 valence electrons. The maximum absolute atomic E-state index is 3.98. The Morgan fingerprint density at radius 1 is 1.16 bits per heavy atom. The van der Waals surface area contributed by atoms with E-state index in [1.807, 2.05) is 0 Å². The lowest BCUT2D eigenvalue weighted by Crippen LogP contribution is -2.57. The molecule has 1 aliphatic carbocycles. The Morgan fingerprint density at radius 3 is 2.53 bits per heavy atom. The third-order valence-corrected chi connectivity index (χ3v) is 6.10. The summed E-state index contributed by atoms with van der Waals surface area (Å²) >= 11 is 0. The standard InChI is InChI=1S/C16H31N3/c1-6-14-16(18(4)5)19-11(3)9-13-10(2)7-8-12(13)15(19)17-14/h10-17H,6-9H2,1-5H3. The first-order valence-electron chi connectivity index (χ1n) is 8.24. The van der Waals surface area contributed by atoms with E-state index < -0.39 is 0 Å². The lowest BCUT2D eigenvalue weighted by molar-refractivity contribution is -0.0280. The summed E-state index contributed by atoms with van der Waals surface area (Å²) in [4.78, 5) is 5.23. The van der Waals surface area contributed by atoms with Gasteiger partial charge < -0.3 is 0 Å². The second-order valence-electron chi connectivity index (χ2n) is 7.42. The van der Waals surface area contributed by atoms with E-state index in [0.29, 0.717) is 18.4 Å². The molecule has 0 aromatic rings. The minimum absolute atomic E-state index is 0.585. The summed E-state index contributed by atoms with van der Waals surface area (Å²) in [6.07, 6.45) is 6.74. The summed E-state index contributed by atoms with van der Waals surface area (Å²) in [6, 6.07) is 1.36. The van der Waals surface area contributed by atoms with Crippen molar-refractivity contribution in [3.05, 3.63) is 0 Å². The minimum atomic E-state index is 0.585. The van der Waals surface area contributed by atoms with E-state index in [4.69, 9.17) is 0 Å². The molecular formula is C16H31N3. The molecule has 7 unspecified atom stereocenters. The van der Waals surface area contributed by atoms with Crippen LogP contribution in [-0.4, -0.2) is 48.3 Å². The van der Waals surface area contributed by atoms with Crippen LogP contribution in [0.25, 0.3) is 0 Å². The van der Waals surface area contributed by atoms with E-state index in [1.165, 1.54) is 25.7 Å². The zero-order valence-electron chi connectivity index (χ0n) is 13.3. The molecule has 0 amide bonds. The Hall–Kier alpha value is -0.120. The first-order chi connectivity index (χ1) is 9.04. The molecule has 1 saturated carbocycles. The summed E-state index contributed by atoms with van der Waals surface area (Å²) in [5.74, 6) is 2.79.